The molecule has 6 heteroatoms. The van der Waals surface area contributed by atoms with Crippen LogP contribution < -0.4 is 4.90 Å². The van der Waals surface area contributed by atoms with Crippen molar-refractivity contribution in [3.8, 4) is 22.6 Å². The normalized spacial score (nSPS) is 17.5. The smallest absolute Gasteiger partial charge is 0.225 e. The second-order valence-electron chi connectivity index (χ2n) is 7.15. The third kappa shape index (κ3) is 3.31. The molecule has 0 saturated carbocycles. The van der Waals surface area contributed by atoms with Crippen molar-refractivity contribution < 1.29 is 4.52 Å². The summed E-state index contributed by atoms with van der Waals surface area (Å²) >= 11 is 0. The van der Waals surface area contributed by atoms with E-state index in [1.807, 2.05) is 44.4 Å². The predicted octanol–water partition coefficient (Wildman–Crippen LogP) is 4.05. The maximum atomic E-state index is 5.47. The Morgan fingerprint density at radius 1 is 1.12 bits per heavy atom. The number of aryl methyl sites for hydroxylation is 2. The lowest BCUT2D eigenvalue weighted by atomic mass is 10.0. The highest BCUT2D eigenvalue weighted by Crippen LogP contribution is 2.32. The van der Waals surface area contributed by atoms with Gasteiger partial charge in [0.15, 0.2) is 5.76 Å². The first-order valence-electron chi connectivity index (χ1n) is 9.09. The van der Waals surface area contributed by atoms with Gasteiger partial charge < -0.3 is 9.42 Å². The Hall–Kier alpha value is -2.76. The van der Waals surface area contributed by atoms with Crippen LogP contribution in [0, 0.1) is 19.8 Å². The minimum Gasteiger partial charge on any atom is -0.356 e. The molecule has 1 atom stereocenters. The monoisotopic (exact) mass is 349 g/mol. The minimum atomic E-state index is 0.661. The first-order chi connectivity index (χ1) is 12.6. The van der Waals surface area contributed by atoms with E-state index in [1.54, 1.807) is 0 Å². The number of hydrogen-bond acceptors (Lipinski definition) is 6. The van der Waals surface area contributed by atoms with Gasteiger partial charge in [0, 0.05) is 42.8 Å². The van der Waals surface area contributed by atoms with Crippen LogP contribution in [0.1, 0.15) is 31.2 Å². The topological polar surface area (TPSA) is 67.9 Å². The molecule has 4 heterocycles. The van der Waals surface area contributed by atoms with E-state index in [2.05, 4.69) is 26.9 Å². The fourth-order valence-electron chi connectivity index (χ4n) is 3.39. The van der Waals surface area contributed by atoms with Crippen LogP contribution in [-0.4, -0.2) is 33.2 Å². The van der Waals surface area contributed by atoms with E-state index in [0.717, 1.165) is 47.2 Å². The summed E-state index contributed by atoms with van der Waals surface area (Å²) in [4.78, 5) is 16.2. The first kappa shape index (κ1) is 16.7. The van der Waals surface area contributed by atoms with Crippen LogP contribution in [-0.2, 0) is 0 Å². The van der Waals surface area contributed by atoms with Gasteiger partial charge in [0.1, 0.15) is 0 Å². The Labute approximate surface area is 153 Å². The average Bonchev–Trinajstić information content (AvgIpc) is 3.08. The summed E-state index contributed by atoms with van der Waals surface area (Å²) in [6.07, 6.45) is 6.14. The first-order valence-corrected chi connectivity index (χ1v) is 9.09. The molecule has 3 aromatic heterocycles. The number of piperidine rings is 1. The zero-order chi connectivity index (χ0) is 18.1. The molecule has 0 amide bonds. The third-order valence-electron chi connectivity index (χ3n) is 4.79. The van der Waals surface area contributed by atoms with Gasteiger partial charge in [-0.3, -0.25) is 4.98 Å². The SMILES string of the molecule is Cc1ccc(-c2nc(N3CCCC(C)C3)ncc2-c2cc(C)no2)cn1. The number of anilines is 1. The number of rotatable bonds is 3. The maximum Gasteiger partial charge on any atom is 0.225 e. The molecule has 1 aliphatic rings. The van der Waals surface area contributed by atoms with Crippen LogP contribution in [0.2, 0.25) is 0 Å². The van der Waals surface area contributed by atoms with Crippen LogP contribution in [0.4, 0.5) is 5.95 Å². The molecule has 134 valence electrons. The second-order valence-corrected chi connectivity index (χ2v) is 7.15. The molecule has 0 radical (unpaired) electrons. The predicted molar refractivity (Wildman–Crippen MR) is 101 cm³/mol. The van der Waals surface area contributed by atoms with Crippen molar-refractivity contribution in [3.05, 3.63) is 42.0 Å². The highest BCUT2D eigenvalue weighted by Gasteiger charge is 2.21. The second kappa shape index (κ2) is 6.86. The summed E-state index contributed by atoms with van der Waals surface area (Å²) in [5.74, 6) is 2.11. The number of aromatic nitrogens is 4. The van der Waals surface area contributed by atoms with E-state index in [9.17, 15) is 0 Å². The van der Waals surface area contributed by atoms with E-state index in [-0.39, 0.29) is 0 Å². The molecule has 1 fully saturated rings. The Balaban J connectivity index is 1.80. The highest BCUT2D eigenvalue weighted by molar-refractivity contribution is 5.78. The molecule has 3 aromatic rings. The lowest BCUT2D eigenvalue weighted by Gasteiger charge is -2.31. The van der Waals surface area contributed by atoms with E-state index >= 15 is 0 Å². The third-order valence-corrected chi connectivity index (χ3v) is 4.79. The highest BCUT2D eigenvalue weighted by atomic mass is 16.5. The molecular formula is C20H23N5O. The molecule has 0 N–H and O–H groups in total. The van der Waals surface area contributed by atoms with Crippen molar-refractivity contribution in [1.82, 2.24) is 20.1 Å². The maximum absolute atomic E-state index is 5.47. The fraction of sp³-hybridized carbons (Fsp3) is 0.400. The minimum absolute atomic E-state index is 0.661. The van der Waals surface area contributed by atoms with Gasteiger partial charge in [0.2, 0.25) is 5.95 Å². The molecule has 0 spiro atoms. The Bertz CT molecular complexity index is 903. The zero-order valence-corrected chi connectivity index (χ0v) is 15.4. The number of hydrogen-bond donors (Lipinski definition) is 0. The van der Waals surface area contributed by atoms with Crippen molar-refractivity contribution in [2.24, 2.45) is 5.92 Å². The quantitative estimate of drug-likeness (QED) is 0.711. The lowest BCUT2D eigenvalue weighted by Crippen LogP contribution is -2.35. The fourth-order valence-corrected chi connectivity index (χ4v) is 3.39. The van der Waals surface area contributed by atoms with Crippen LogP contribution >= 0.6 is 0 Å². The summed E-state index contributed by atoms with van der Waals surface area (Å²) in [7, 11) is 0. The molecule has 26 heavy (non-hydrogen) atoms. The number of pyridine rings is 1. The molecule has 1 unspecified atom stereocenters. The summed E-state index contributed by atoms with van der Waals surface area (Å²) in [5, 5.41) is 4.01. The van der Waals surface area contributed by atoms with Gasteiger partial charge in [-0.1, -0.05) is 12.1 Å². The Kier molecular flexibility index (Phi) is 4.41. The average molecular weight is 349 g/mol. The van der Waals surface area contributed by atoms with E-state index in [4.69, 9.17) is 9.51 Å². The van der Waals surface area contributed by atoms with Crippen LogP contribution in [0.3, 0.4) is 0 Å². The molecule has 0 aliphatic carbocycles. The van der Waals surface area contributed by atoms with Crippen molar-refractivity contribution >= 4 is 5.95 Å². The lowest BCUT2D eigenvalue weighted by molar-refractivity contribution is 0.426. The van der Waals surface area contributed by atoms with Crippen molar-refractivity contribution in [2.75, 3.05) is 18.0 Å². The number of nitrogens with zero attached hydrogens (tertiary/aromatic N) is 5. The van der Waals surface area contributed by atoms with Crippen LogP contribution in [0.25, 0.3) is 22.6 Å². The Morgan fingerprint density at radius 3 is 2.69 bits per heavy atom. The standard InChI is InChI=1S/C20H23N5O/c1-13-5-4-8-25(12-13)20-22-11-17(18-9-15(3)24-26-18)19(23-20)16-7-6-14(2)21-10-16/h6-7,9-11,13H,4-5,8,12H2,1-3H3. The van der Waals surface area contributed by atoms with Gasteiger partial charge in [-0.05, 0) is 44.7 Å². The molecular weight excluding hydrogens is 326 g/mol. The van der Waals surface area contributed by atoms with Crippen molar-refractivity contribution in [2.45, 2.75) is 33.6 Å². The van der Waals surface area contributed by atoms with Gasteiger partial charge in [-0.25, -0.2) is 9.97 Å². The molecule has 1 saturated heterocycles. The van der Waals surface area contributed by atoms with Gasteiger partial charge in [-0.15, -0.1) is 0 Å². The van der Waals surface area contributed by atoms with E-state index in [1.165, 1.54) is 12.8 Å². The molecule has 1 aliphatic heterocycles. The van der Waals surface area contributed by atoms with E-state index < -0.39 is 0 Å². The van der Waals surface area contributed by atoms with Gasteiger partial charge >= 0.3 is 0 Å². The van der Waals surface area contributed by atoms with Gasteiger partial charge in [0.05, 0.1) is 17.0 Å². The summed E-state index contributed by atoms with van der Waals surface area (Å²) in [6, 6.07) is 5.95. The van der Waals surface area contributed by atoms with Crippen LogP contribution in [0.15, 0.2) is 35.1 Å². The molecule has 4 rings (SSSR count). The zero-order valence-electron chi connectivity index (χ0n) is 15.4. The summed E-state index contributed by atoms with van der Waals surface area (Å²) in [5.41, 5.74) is 4.43. The van der Waals surface area contributed by atoms with E-state index in [0.29, 0.717) is 11.7 Å². The largest absolute Gasteiger partial charge is 0.356 e. The van der Waals surface area contributed by atoms with Gasteiger partial charge in [-0.2, -0.15) is 0 Å². The van der Waals surface area contributed by atoms with Crippen molar-refractivity contribution in [3.63, 3.8) is 0 Å². The summed E-state index contributed by atoms with van der Waals surface area (Å²) in [6.45, 7) is 8.15. The van der Waals surface area contributed by atoms with Gasteiger partial charge in [0.25, 0.3) is 0 Å². The van der Waals surface area contributed by atoms with Crippen LogP contribution in [0.5, 0.6) is 0 Å². The molecule has 6 nitrogen and oxygen atoms in total. The summed E-state index contributed by atoms with van der Waals surface area (Å²) < 4.78 is 5.47. The van der Waals surface area contributed by atoms with Crippen molar-refractivity contribution in [1.29, 1.82) is 0 Å². The Morgan fingerprint density at radius 2 is 2.00 bits per heavy atom. The molecule has 0 aromatic carbocycles. The molecule has 0 bridgehead atoms.